The summed E-state index contributed by atoms with van der Waals surface area (Å²) in [6.45, 7) is 4.68. The second-order valence-corrected chi connectivity index (χ2v) is 8.75. The Labute approximate surface area is 184 Å². The number of pyridine rings is 1. The molecular weight excluding hydrogens is 394 g/mol. The lowest BCUT2D eigenvalue weighted by Gasteiger charge is -2.40. The molecule has 2 aliphatic heterocycles. The molecule has 2 aromatic rings. The zero-order chi connectivity index (χ0) is 21.5. The summed E-state index contributed by atoms with van der Waals surface area (Å²) in [5, 5.41) is 4.34. The lowest BCUT2D eigenvalue weighted by molar-refractivity contribution is -0.134. The molecule has 31 heavy (non-hydrogen) atoms. The van der Waals surface area contributed by atoms with E-state index >= 15 is 0 Å². The Morgan fingerprint density at radius 3 is 2.48 bits per heavy atom. The summed E-state index contributed by atoms with van der Waals surface area (Å²) in [5.41, 5.74) is 0.630. The highest BCUT2D eigenvalue weighted by Gasteiger charge is 2.41. The number of hydrogen-bond acceptors (Lipinski definition) is 7. The van der Waals surface area contributed by atoms with Crippen LogP contribution in [0, 0.1) is 0 Å². The van der Waals surface area contributed by atoms with Crippen LogP contribution < -0.4 is 0 Å². The molecule has 4 rings (SSSR count). The van der Waals surface area contributed by atoms with Crippen LogP contribution in [0.2, 0.25) is 0 Å². The number of carbonyl (C=O) groups excluding carboxylic acids is 1. The van der Waals surface area contributed by atoms with Crippen LogP contribution in [0.4, 0.5) is 0 Å². The maximum atomic E-state index is 12.9. The Hall–Kier alpha value is -2.32. The number of carbonyl (C=O) groups is 1. The number of likely N-dealkylation sites (tertiary alicyclic amines) is 2. The van der Waals surface area contributed by atoms with E-state index in [1.807, 2.05) is 17.0 Å². The molecule has 2 aliphatic rings. The van der Waals surface area contributed by atoms with Crippen LogP contribution in [-0.4, -0.2) is 77.3 Å². The quantitative estimate of drug-likeness (QED) is 0.672. The van der Waals surface area contributed by atoms with Gasteiger partial charge in [0.2, 0.25) is 5.91 Å². The first-order chi connectivity index (χ1) is 15.2. The highest BCUT2D eigenvalue weighted by molar-refractivity contribution is 5.78. The van der Waals surface area contributed by atoms with Gasteiger partial charge in [0.1, 0.15) is 0 Å². The van der Waals surface area contributed by atoms with Crippen molar-refractivity contribution in [3.8, 4) is 11.5 Å². The highest BCUT2D eigenvalue weighted by Crippen LogP contribution is 2.38. The van der Waals surface area contributed by atoms with E-state index in [1.165, 1.54) is 25.7 Å². The van der Waals surface area contributed by atoms with Gasteiger partial charge in [0.25, 0.3) is 5.89 Å². The number of ether oxygens (including phenoxy) is 1. The second-order valence-electron chi connectivity index (χ2n) is 8.75. The summed E-state index contributed by atoms with van der Waals surface area (Å²) in [7, 11) is 1.71. The zero-order valence-corrected chi connectivity index (χ0v) is 18.5. The van der Waals surface area contributed by atoms with Crippen molar-refractivity contribution < 1.29 is 14.1 Å². The number of rotatable bonds is 7. The Bertz CT molecular complexity index is 825. The smallest absolute Gasteiger partial charge is 0.258 e. The van der Waals surface area contributed by atoms with E-state index in [2.05, 4.69) is 15.0 Å². The number of methoxy groups -OCH3 is 1. The highest BCUT2D eigenvalue weighted by atomic mass is 16.5. The lowest BCUT2D eigenvalue weighted by Crippen LogP contribution is -2.49. The van der Waals surface area contributed by atoms with E-state index < -0.39 is 0 Å². The molecule has 0 N–H and O–H groups in total. The minimum absolute atomic E-state index is 0.232. The third-order valence-electron chi connectivity index (χ3n) is 6.74. The third kappa shape index (κ3) is 5.30. The van der Waals surface area contributed by atoms with Gasteiger partial charge in [0, 0.05) is 50.2 Å². The molecule has 0 spiro atoms. The van der Waals surface area contributed by atoms with Crippen molar-refractivity contribution in [1.82, 2.24) is 24.9 Å². The molecule has 8 heteroatoms. The average molecular weight is 428 g/mol. The maximum absolute atomic E-state index is 12.9. The Balaban J connectivity index is 1.42. The first-order valence-electron chi connectivity index (χ1n) is 11.4. The van der Waals surface area contributed by atoms with Crippen LogP contribution in [0.5, 0.6) is 0 Å². The lowest BCUT2D eigenvalue weighted by atomic mass is 9.75. The van der Waals surface area contributed by atoms with Gasteiger partial charge in [-0.3, -0.25) is 14.7 Å². The average Bonchev–Trinajstić information content (AvgIpc) is 3.18. The van der Waals surface area contributed by atoms with E-state index in [9.17, 15) is 4.79 Å². The first-order valence-corrected chi connectivity index (χ1v) is 11.4. The topological polar surface area (TPSA) is 84.6 Å². The van der Waals surface area contributed by atoms with Crippen molar-refractivity contribution in [1.29, 1.82) is 0 Å². The van der Waals surface area contributed by atoms with Gasteiger partial charge in [0.15, 0.2) is 5.82 Å². The molecule has 168 valence electrons. The molecule has 2 saturated heterocycles. The normalized spacial score (nSPS) is 19.8. The molecular formula is C23H33N5O3. The Morgan fingerprint density at radius 2 is 1.81 bits per heavy atom. The largest absolute Gasteiger partial charge is 0.385 e. The van der Waals surface area contributed by atoms with Crippen LogP contribution in [0.1, 0.15) is 50.8 Å². The molecule has 0 aromatic carbocycles. The fourth-order valence-corrected chi connectivity index (χ4v) is 4.70. The molecule has 0 atom stereocenters. The first kappa shape index (κ1) is 21.9. The molecule has 2 aromatic heterocycles. The monoisotopic (exact) mass is 427 g/mol. The van der Waals surface area contributed by atoms with Gasteiger partial charge in [-0.25, -0.2) is 0 Å². The van der Waals surface area contributed by atoms with Crippen molar-refractivity contribution in [2.75, 3.05) is 46.4 Å². The standard InChI is InChI=1S/C23H33N5O3/c1-30-17-10-23(22-25-21(31-26-22)19-6-11-24-12-7-19)8-15-28(16-9-23)20(29)18-27-13-4-2-3-5-14-27/h6-7,11-12H,2-5,8-10,13-18H2,1H3. The second kappa shape index (κ2) is 10.3. The van der Waals surface area contributed by atoms with Gasteiger partial charge in [-0.05, 0) is 57.3 Å². The van der Waals surface area contributed by atoms with Crippen LogP contribution in [0.15, 0.2) is 29.0 Å². The molecule has 1 amide bonds. The molecule has 0 unspecified atom stereocenters. The molecule has 0 aliphatic carbocycles. The van der Waals surface area contributed by atoms with E-state index in [-0.39, 0.29) is 11.3 Å². The van der Waals surface area contributed by atoms with Gasteiger partial charge in [0.05, 0.1) is 6.54 Å². The van der Waals surface area contributed by atoms with Crippen molar-refractivity contribution in [2.24, 2.45) is 0 Å². The third-order valence-corrected chi connectivity index (χ3v) is 6.74. The van der Waals surface area contributed by atoms with Crippen LogP contribution in [0.25, 0.3) is 11.5 Å². The predicted octanol–water partition coefficient (Wildman–Crippen LogP) is 2.90. The van der Waals surface area contributed by atoms with Crippen molar-refractivity contribution in [3.63, 3.8) is 0 Å². The van der Waals surface area contributed by atoms with Crippen LogP contribution in [-0.2, 0) is 14.9 Å². The summed E-state index contributed by atoms with van der Waals surface area (Å²) in [6.07, 6.45) is 10.8. The Kier molecular flexibility index (Phi) is 7.29. The number of hydrogen-bond donors (Lipinski definition) is 0. The van der Waals surface area contributed by atoms with Gasteiger partial charge in [-0.2, -0.15) is 4.98 Å². The molecule has 2 fully saturated rings. The van der Waals surface area contributed by atoms with E-state index in [4.69, 9.17) is 14.2 Å². The van der Waals surface area contributed by atoms with Crippen molar-refractivity contribution >= 4 is 5.91 Å². The van der Waals surface area contributed by atoms with Crippen molar-refractivity contribution in [2.45, 2.75) is 50.4 Å². The Morgan fingerprint density at radius 1 is 1.10 bits per heavy atom. The molecule has 4 heterocycles. The van der Waals surface area contributed by atoms with Gasteiger partial charge in [-0.15, -0.1) is 0 Å². The minimum Gasteiger partial charge on any atom is -0.385 e. The van der Waals surface area contributed by atoms with Gasteiger partial charge < -0.3 is 14.2 Å². The number of amides is 1. The number of nitrogens with zero attached hydrogens (tertiary/aromatic N) is 5. The van der Waals surface area contributed by atoms with E-state index in [1.54, 1.807) is 19.5 Å². The van der Waals surface area contributed by atoms with E-state index in [0.29, 0.717) is 19.0 Å². The van der Waals surface area contributed by atoms with E-state index in [0.717, 1.165) is 56.8 Å². The predicted molar refractivity (Wildman–Crippen MR) is 116 cm³/mol. The van der Waals surface area contributed by atoms with Gasteiger partial charge >= 0.3 is 0 Å². The molecule has 0 saturated carbocycles. The van der Waals surface area contributed by atoms with Crippen molar-refractivity contribution in [3.05, 3.63) is 30.4 Å². The van der Waals surface area contributed by atoms with Crippen LogP contribution >= 0.6 is 0 Å². The summed E-state index contributed by atoms with van der Waals surface area (Å²) in [6, 6.07) is 3.73. The van der Waals surface area contributed by atoms with Gasteiger partial charge in [-0.1, -0.05) is 18.0 Å². The fourth-order valence-electron chi connectivity index (χ4n) is 4.70. The molecule has 0 radical (unpaired) electrons. The summed E-state index contributed by atoms with van der Waals surface area (Å²) in [4.78, 5) is 26.0. The molecule has 8 nitrogen and oxygen atoms in total. The van der Waals surface area contributed by atoms with Crippen LogP contribution in [0.3, 0.4) is 0 Å². The summed E-state index contributed by atoms with van der Waals surface area (Å²) in [5.74, 6) is 1.47. The number of aromatic nitrogens is 3. The summed E-state index contributed by atoms with van der Waals surface area (Å²) >= 11 is 0. The minimum atomic E-state index is -0.232. The molecule has 0 bridgehead atoms. The summed E-state index contributed by atoms with van der Waals surface area (Å²) < 4.78 is 11.0. The fraction of sp³-hybridized carbons (Fsp3) is 0.652. The number of piperidine rings is 1. The maximum Gasteiger partial charge on any atom is 0.258 e. The SMILES string of the molecule is COCCC1(c2noc(-c3ccncc3)n2)CCN(C(=O)CN2CCCCCC2)CC1. The zero-order valence-electron chi connectivity index (χ0n) is 18.5.